The fraction of sp³-hybridized carbons (Fsp3) is 0.400. The molecule has 0 unspecified atom stereocenters. The summed E-state index contributed by atoms with van der Waals surface area (Å²) < 4.78 is 14.1. The summed E-state index contributed by atoms with van der Waals surface area (Å²) >= 11 is 0. The fourth-order valence-electron chi connectivity index (χ4n) is 1.27. The Morgan fingerprint density at radius 1 is 1.46 bits per heavy atom. The van der Waals surface area contributed by atoms with Crippen LogP contribution >= 0.6 is 0 Å². The quantitative estimate of drug-likeness (QED) is 0.761. The first-order valence-corrected chi connectivity index (χ1v) is 4.20. The Morgan fingerprint density at radius 3 is 2.38 bits per heavy atom. The van der Waals surface area contributed by atoms with Gasteiger partial charge < -0.3 is 9.67 Å². The van der Waals surface area contributed by atoms with Gasteiger partial charge in [0.25, 0.3) is 0 Å². The van der Waals surface area contributed by atoms with Crippen LogP contribution in [0.3, 0.4) is 0 Å². The number of aromatic nitrogens is 1. The van der Waals surface area contributed by atoms with Gasteiger partial charge in [-0.2, -0.15) is 0 Å². The molecule has 0 aliphatic carbocycles. The normalized spacial score (nSPS) is 12.2. The molecule has 13 heavy (non-hydrogen) atoms. The lowest BCUT2D eigenvalue weighted by atomic mass is 10.3. The van der Waals surface area contributed by atoms with Crippen LogP contribution in [0.15, 0.2) is 24.0 Å². The third-order valence-electron chi connectivity index (χ3n) is 2.14. The molecule has 0 aromatic carbocycles. The van der Waals surface area contributed by atoms with Crippen molar-refractivity contribution in [1.82, 2.24) is 4.57 Å². The van der Waals surface area contributed by atoms with Crippen molar-refractivity contribution in [2.24, 2.45) is 0 Å². The van der Waals surface area contributed by atoms with E-state index in [1.54, 1.807) is 0 Å². The third kappa shape index (κ3) is 2.18. The van der Waals surface area contributed by atoms with E-state index < -0.39 is 0 Å². The number of hydrogen-bond donors (Lipinski definition) is 1. The van der Waals surface area contributed by atoms with Crippen molar-refractivity contribution in [1.29, 1.82) is 0 Å². The van der Waals surface area contributed by atoms with Crippen LogP contribution in [0.5, 0.6) is 0 Å². The van der Waals surface area contributed by atoms with Crippen LogP contribution < -0.4 is 0 Å². The molecule has 3 heteroatoms. The number of aliphatic hydroxyl groups excluding tert-OH is 1. The van der Waals surface area contributed by atoms with E-state index in [4.69, 9.17) is 5.11 Å². The van der Waals surface area contributed by atoms with Crippen molar-refractivity contribution in [2.45, 2.75) is 20.4 Å². The van der Waals surface area contributed by atoms with E-state index in [2.05, 4.69) is 0 Å². The molecule has 1 rings (SSSR count). The largest absolute Gasteiger partial charge is 0.392 e. The highest BCUT2D eigenvalue weighted by Gasteiger charge is 2.03. The maximum atomic E-state index is 12.2. The van der Waals surface area contributed by atoms with E-state index in [1.165, 1.54) is 0 Å². The van der Waals surface area contributed by atoms with Gasteiger partial charge >= 0.3 is 0 Å². The number of nitrogens with zero attached hydrogens (tertiary/aromatic N) is 1. The van der Waals surface area contributed by atoms with Gasteiger partial charge in [-0.3, -0.25) is 0 Å². The third-order valence-corrected chi connectivity index (χ3v) is 2.14. The lowest BCUT2D eigenvalue weighted by Crippen LogP contribution is -2.06. The average Bonchev–Trinajstić information content (AvgIpc) is 2.44. The Labute approximate surface area is 77.3 Å². The molecule has 0 aliphatic heterocycles. The Bertz CT molecular complexity index is 295. The first kappa shape index (κ1) is 9.99. The molecule has 0 amide bonds. The van der Waals surface area contributed by atoms with Gasteiger partial charge in [0.05, 0.1) is 12.9 Å². The topological polar surface area (TPSA) is 25.2 Å². The molecule has 0 radical (unpaired) electrons. The van der Waals surface area contributed by atoms with Crippen LogP contribution in [-0.2, 0) is 6.54 Å². The number of aliphatic hydroxyl groups is 1. The predicted octanol–water partition coefficient (Wildman–Crippen LogP) is 1.95. The highest BCUT2D eigenvalue weighted by molar-refractivity contribution is 5.16. The summed E-state index contributed by atoms with van der Waals surface area (Å²) in [7, 11) is 0. The zero-order valence-electron chi connectivity index (χ0n) is 7.92. The molecule has 0 atom stereocenters. The maximum absolute atomic E-state index is 12.2. The van der Waals surface area contributed by atoms with Crippen molar-refractivity contribution < 1.29 is 9.50 Å². The molecule has 0 aliphatic rings. The molecule has 0 saturated carbocycles. The molecular weight excluding hydrogens is 169 g/mol. The van der Waals surface area contributed by atoms with Gasteiger partial charge in [-0.15, -0.1) is 0 Å². The minimum Gasteiger partial charge on any atom is -0.392 e. The Morgan fingerprint density at radius 2 is 2.00 bits per heavy atom. The standard InChI is InChI=1S/C10H14FNO/c1-8-3-4-9(2)12(8)6-10(5-11)7-13/h3-5,13H,6-7H2,1-2H3/b10-5+. The number of hydrogen-bond acceptors (Lipinski definition) is 1. The predicted molar refractivity (Wildman–Crippen MR) is 50.2 cm³/mol. The smallest absolute Gasteiger partial charge is 0.0899 e. The summed E-state index contributed by atoms with van der Waals surface area (Å²) in [5.41, 5.74) is 2.54. The molecule has 0 fully saturated rings. The molecule has 1 aromatic rings. The van der Waals surface area contributed by atoms with Gasteiger partial charge in [0, 0.05) is 23.5 Å². The molecule has 1 N–H and O–H groups in total. The first-order valence-electron chi connectivity index (χ1n) is 4.20. The SMILES string of the molecule is Cc1ccc(C)n1C/C(=C\F)CO. The number of rotatable bonds is 3. The van der Waals surface area contributed by atoms with E-state index in [-0.39, 0.29) is 6.61 Å². The maximum Gasteiger partial charge on any atom is 0.0899 e. The van der Waals surface area contributed by atoms with Crippen molar-refractivity contribution in [3.8, 4) is 0 Å². The van der Waals surface area contributed by atoms with Crippen molar-refractivity contribution in [2.75, 3.05) is 6.61 Å². The van der Waals surface area contributed by atoms with E-state index in [0.717, 1.165) is 11.4 Å². The van der Waals surface area contributed by atoms with Crippen molar-refractivity contribution in [3.63, 3.8) is 0 Å². The minimum absolute atomic E-state index is 0.229. The monoisotopic (exact) mass is 183 g/mol. The zero-order chi connectivity index (χ0) is 9.84. The minimum atomic E-state index is -0.229. The summed E-state index contributed by atoms with van der Waals surface area (Å²) in [6.07, 6.45) is 0.471. The van der Waals surface area contributed by atoms with E-state index in [1.807, 2.05) is 30.5 Å². The van der Waals surface area contributed by atoms with Crippen molar-refractivity contribution >= 4 is 0 Å². The molecule has 0 spiro atoms. The lowest BCUT2D eigenvalue weighted by molar-refractivity contribution is 0.320. The van der Waals surface area contributed by atoms with Gasteiger partial charge in [0.15, 0.2) is 0 Å². The van der Waals surface area contributed by atoms with E-state index >= 15 is 0 Å². The second-order valence-electron chi connectivity index (χ2n) is 3.13. The van der Waals surface area contributed by atoms with Crippen molar-refractivity contribution in [3.05, 3.63) is 35.4 Å². The average molecular weight is 183 g/mol. The summed E-state index contributed by atoms with van der Waals surface area (Å²) in [6.45, 7) is 4.12. The highest BCUT2D eigenvalue weighted by Crippen LogP contribution is 2.10. The van der Waals surface area contributed by atoms with E-state index in [0.29, 0.717) is 18.4 Å². The van der Waals surface area contributed by atoms with Gasteiger partial charge in [0.2, 0.25) is 0 Å². The Balaban J connectivity index is 2.84. The second kappa shape index (κ2) is 4.23. The van der Waals surface area contributed by atoms with E-state index in [9.17, 15) is 4.39 Å². The van der Waals surface area contributed by atoms with Crippen LogP contribution in [0.1, 0.15) is 11.4 Å². The summed E-state index contributed by atoms with van der Waals surface area (Å²) in [5, 5.41) is 8.79. The molecule has 1 heterocycles. The van der Waals surface area contributed by atoms with Crippen LogP contribution in [0.25, 0.3) is 0 Å². The Hall–Kier alpha value is -1.09. The molecule has 0 bridgehead atoms. The van der Waals surface area contributed by atoms with Gasteiger partial charge in [-0.25, -0.2) is 4.39 Å². The zero-order valence-corrected chi connectivity index (χ0v) is 7.92. The first-order chi connectivity index (χ1) is 6.19. The number of aryl methyl sites for hydroxylation is 2. The lowest BCUT2D eigenvalue weighted by Gasteiger charge is -2.09. The van der Waals surface area contributed by atoms with Crippen LogP contribution in [0.4, 0.5) is 4.39 Å². The molecule has 72 valence electrons. The Kier molecular flexibility index (Phi) is 3.25. The van der Waals surface area contributed by atoms with Crippen LogP contribution in [0.2, 0.25) is 0 Å². The summed E-state index contributed by atoms with van der Waals surface area (Å²) in [5.74, 6) is 0. The van der Waals surface area contributed by atoms with Crippen LogP contribution in [-0.4, -0.2) is 16.3 Å². The van der Waals surface area contributed by atoms with Gasteiger partial charge in [-0.1, -0.05) is 0 Å². The van der Waals surface area contributed by atoms with Crippen LogP contribution in [0, 0.1) is 13.8 Å². The highest BCUT2D eigenvalue weighted by atomic mass is 19.1. The van der Waals surface area contributed by atoms with Gasteiger partial charge in [0.1, 0.15) is 0 Å². The molecular formula is C10H14FNO. The van der Waals surface area contributed by atoms with Gasteiger partial charge in [-0.05, 0) is 26.0 Å². The summed E-state index contributed by atoms with van der Waals surface area (Å²) in [6, 6.07) is 3.95. The molecule has 0 saturated heterocycles. The molecule has 2 nitrogen and oxygen atoms in total. The fourth-order valence-corrected chi connectivity index (χ4v) is 1.27. The number of halogens is 1. The summed E-state index contributed by atoms with van der Waals surface area (Å²) in [4.78, 5) is 0. The molecule has 1 aromatic heterocycles. The second-order valence-corrected chi connectivity index (χ2v) is 3.13.